The van der Waals surface area contributed by atoms with Crippen LogP contribution in [0.15, 0.2) is 30.3 Å². The number of hydrogen-bond acceptors (Lipinski definition) is 3. The first-order valence-corrected chi connectivity index (χ1v) is 5.75. The van der Waals surface area contributed by atoms with Gasteiger partial charge in [0.1, 0.15) is 0 Å². The molecule has 17 heavy (non-hydrogen) atoms. The SMILES string of the molecule is O=C(CCCCCc1ccccc1)C(=O)NO. The molecule has 0 atom stereocenters. The molecule has 0 bridgehead atoms. The van der Waals surface area contributed by atoms with Gasteiger partial charge in [-0.05, 0) is 24.8 Å². The van der Waals surface area contributed by atoms with Crippen LogP contribution in [0.4, 0.5) is 0 Å². The predicted molar refractivity (Wildman–Crippen MR) is 63.6 cm³/mol. The van der Waals surface area contributed by atoms with Crippen molar-refractivity contribution in [2.75, 3.05) is 0 Å². The van der Waals surface area contributed by atoms with Gasteiger partial charge in [0.05, 0.1) is 0 Å². The molecule has 2 N–H and O–H groups in total. The minimum Gasteiger partial charge on any atom is -0.289 e. The van der Waals surface area contributed by atoms with Gasteiger partial charge in [-0.3, -0.25) is 14.8 Å². The third-order valence-electron chi connectivity index (χ3n) is 2.57. The standard InChI is InChI=1S/C13H17NO3/c15-12(13(16)14-17)10-6-2-5-9-11-7-3-1-4-8-11/h1,3-4,7-8,17H,2,5-6,9-10H2,(H,14,16). The summed E-state index contributed by atoms with van der Waals surface area (Å²) in [5, 5.41) is 8.24. The Bertz CT molecular complexity index is 362. The summed E-state index contributed by atoms with van der Waals surface area (Å²) in [5.74, 6) is -1.49. The molecule has 0 aliphatic carbocycles. The number of Topliss-reactive ketones (excluding diaryl/α,β-unsaturated/α-hetero) is 1. The fourth-order valence-electron chi connectivity index (χ4n) is 1.61. The zero-order valence-electron chi connectivity index (χ0n) is 9.69. The molecule has 0 saturated heterocycles. The Hall–Kier alpha value is -1.68. The Labute approximate surface area is 101 Å². The highest BCUT2D eigenvalue weighted by Gasteiger charge is 2.10. The topological polar surface area (TPSA) is 66.4 Å². The number of aryl methyl sites for hydroxylation is 1. The van der Waals surface area contributed by atoms with E-state index in [2.05, 4.69) is 12.1 Å². The minimum absolute atomic E-state index is 0.196. The number of rotatable bonds is 7. The number of hydroxylamine groups is 1. The molecule has 1 rings (SSSR count). The normalized spacial score (nSPS) is 9.94. The molecule has 1 aromatic carbocycles. The predicted octanol–water partition coefficient (Wildman–Crippen LogP) is 1.86. The number of carbonyl (C=O) groups is 2. The maximum Gasteiger partial charge on any atom is 0.310 e. The summed E-state index contributed by atoms with van der Waals surface area (Å²) in [6.45, 7) is 0. The van der Waals surface area contributed by atoms with Crippen LogP contribution in [0, 0.1) is 0 Å². The summed E-state index contributed by atoms with van der Waals surface area (Å²) >= 11 is 0. The smallest absolute Gasteiger partial charge is 0.289 e. The molecular weight excluding hydrogens is 218 g/mol. The Balaban J connectivity index is 2.09. The molecule has 0 saturated carbocycles. The van der Waals surface area contributed by atoms with Crippen molar-refractivity contribution in [2.45, 2.75) is 32.1 Å². The fourth-order valence-corrected chi connectivity index (χ4v) is 1.61. The fraction of sp³-hybridized carbons (Fsp3) is 0.385. The van der Waals surface area contributed by atoms with E-state index in [9.17, 15) is 9.59 Å². The molecule has 0 aliphatic rings. The lowest BCUT2D eigenvalue weighted by Crippen LogP contribution is -2.27. The van der Waals surface area contributed by atoms with E-state index in [1.54, 1.807) is 0 Å². The number of nitrogens with one attached hydrogen (secondary N) is 1. The molecule has 0 aliphatic heterocycles. The van der Waals surface area contributed by atoms with Crippen molar-refractivity contribution in [3.8, 4) is 0 Å². The molecule has 92 valence electrons. The van der Waals surface area contributed by atoms with Gasteiger partial charge >= 0.3 is 5.91 Å². The molecule has 0 aromatic heterocycles. The number of carbonyl (C=O) groups excluding carboxylic acids is 2. The van der Waals surface area contributed by atoms with Crippen LogP contribution >= 0.6 is 0 Å². The molecule has 4 nitrogen and oxygen atoms in total. The monoisotopic (exact) mass is 235 g/mol. The third kappa shape index (κ3) is 5.26. The molecule has 0 unspecified atom stereocenters. The molecule has 1 aromatic rings. The van der Waals surface area contributed by atoms with Crippen LogP contribution < -0.4 is 5.48 Å². The Kier molecular flexibility index (Phi) is 5.96. The maximum absolute atomic E-state index is 11.0. The molecule has 0 fully saturated rings. The number of ketones is 1. The zero-order valence-corrected chi connectivity index (χ0v) is 9.69. The van der Waals surface area contributed by atoms with E-state index in [1.807, 2.05) is 18.2 Å². The summed E-state index contributed by atoms with van der Waals surface area (Å²) in [4.78, 5) is 21.7. The van der Waals surface area contributed by atoms with Crippen molar-refractivity contribution < 1.29 is 14.8 Å². The van der Waals surface area contributed by atoms with E-state index < -0.39 is 11.7 Å². The van der Waals surface area contributed by atoms with Gasteiger partial charge in [-0.2, -0.15) is 0 Å². The number of unbranched alkanes of at least 4 members (excludes halogenated alkanes) is 2. The van der Waals surface area contributed by atoms with Crippen LogP contribution in [-0.2, 0) is 16.0 Å². The van der Waals surface area contributed by atoms with Crippen molar-refractivity contribution in [1.29, 1.82) is 0 Å². The first kappa shape index (κ1) is 13.4. The lowest BCUT2D eigenvalue weighted by molar-refractivity contribution is -0.143. The van der Waals surface area contributed by atoms with Gasteiger partial charge in [-0.15, -0.1) is 0 Å². The van der Waals surface area contributed by atoms with Crippen molar-refractivity contribution in [1.82, 2.24) is 5.48 Å². The average molecular weight is 235 g/mol. The van der Waals surface area contributed by atoms with Gasteiger partial charge in [0, 0.05) is 6.42 Å². The van der Waals surface area contributed by atoms with Crippen LogP contribution in [0.3, 0.4) is 0 Å². The second-order valence-electron chi connectivity index (χ2n) is 3.91. The van der Waals surface area contributed by atoms with Crippen molar-refractivity contribution >= 4 is 11.7 Å². The van der Waals surface area contributed by atoms with Crippen molar-refractivity contribution in [3.05, 3.63) is 35.9 Å². The van der Waals surface area contributed by atoms with Gasteiger partial charge in [0.25, 0.3) is 0 Å². The van der Waals surface area contributed by atoms with E-state index in [0.717, 1.165) is 19.3 Å². The molecule has 1 amide bonds. The van der Waals surface area contributed by atoms with Crippen molar-refractivity contribution in [2.24, 2.45) is 0 Å². The van der Waals surface area contributed by atoms with E-state index >= 15 is 0 Å². The quantitative estimate of drug-likeness (QED) is 0.328. The van der Waals surface area contributed by atoms with Gasteiger partial charge in [0.15, 0.2) is 0 Å². The minimum atomic E-state index is -0.923. The lowest BCUT2D eigenvalue weighted by Gasteiger charge is -2.01. The van der Waals surface area contributed by atoms with E-state index in [1.165, 1.54) is 11.0 Å². The highest BCUT2D eigenvalue weighted by atomic mass is 16.5. The number of hydrogen-bond donors (Lipinski definition) is 2. The highest BCUT2D eigenvalue weighted by Crippen LogP contribution is 2.07. The van der Waals surface area contributed by atoms with Crippen LogP contribution in [0.5, 0.6) is 0 Å². The molecule has 0 spiro atoms. The van der Waals surface area contributed by atoms with Crippen LogP contribution in [-0.4, -0.2) is 16.9 Å². The Morgan fingerprint density at radius 2 is 1.76 bits per heavy atom. The highest BCUT2D eigenvalue weighted by molar-refractivity contribution is 6.35. The van der Waals surface area contributed by atoms with E-state index in [4.69, 9.17) is 5.21 Å². The van der Waals surface area contributed by atoms with Crippen LogP contribution in [0.1, 0.15) is 31.2 Å². The maximum atomic E-state index is 11.0. The van der Waals surface area contributed by atoms with Crippen LogP contribution in [0.2, 0.25) is 0 Å². The van der Waals surface area contributed by atoms with E-state index in [0.29, 0.717) is 6.42 Å². The molecule has 0 radical (unpaired) electrons. The second kappa shape index (κ2) is 7.57. The van der Waals surface area contributed by atoms with E-state index in [-0.39, 0.29) is 6.42 Å². The van der Waals surface area contributed by atoms with Gasteiger partial charge < -0.3 is 0 Å². The summed E-state index contributed by atoms with van der Waals surface area (Å²) in [7, 11) is 0. The summed E-state index contributed by atoms with van der Waals surface area (Å²) < 4.78 is 0. The first-order chi connectivity index (χ1) is 8.24. The second-order valence-corrected chi connectivity index (χ2v) is 3.91. The molecular formula is C13H17NO3. The summed E-state index contributed by atoms with van der Waals surface area (Å²) in [5.41, 5.74) is 2.63. The van der Waals surface area contributed by atoms with Gasteiger partial charge in [0.2, 0.25) is 5.78 Å². The first-order valence-electron chi connectivity index (χ1n) is 5.75. The zero-order chi connectivity index (χ0) is 12.5. The van der Waals surface area contributed by atoms with Gasteiger partial charge in [-0.25, -0.2) is 5.48 Å². The van der Waals surface area contributed by atoms with Gasteiger partial charge in [-0.1, -0.05) is 36.8 Å². The summed E-state index contributed by atoms with van der Waals surface area (Å²) in [6, 6.07) is 10.1. The average Bonchev–Trinajstić information content (AvgIpc) is 2.38. The summed E-state index contributed by atoms with van der Waals surface area (Å²) in [6.07, 6.45) is 3.76. The Morgan fingerprint density at radius 1 is 1.06 bits per heavy atom. The molecule has 4 heteroatoms. The number of benzene rings is 1. The Morgan fingerprint density at radius 3 is 2.41 bits per heavy atom. The third-order valence-corrected chi connectivity index (χ3v) is 2.57. The lowest BCUT2D eigenvalue weighted by atomic mass is 10.1. The van der Waals surface area contributed by atoms with Crippen molar-refractivity contribution in [3.63, 3.8) is 0 Å². The largest absolute Gasteiger partial charge is 0.310 e. The number of amides is 1. The van der Waals surface area contributed by atoms with Crippen LogP contribution in [0.25, 0.3) is 0 Å². The molecule has 0 heterocycles.